The molecule has 1 aromatic carbocycles. The van der Waals surface area contributed by atoms with Gasteiger partial charge in [0.25, 0.3) is 0 Å². The summed E-state index contributed by atoms with van der Waals surface area (Å²) in [7, 11) is 0. The summed E-state index contributed by atoms with van der Waals surface area (Å²) in [5.74, 6) is 6.50. The number of carbonyl (C=O) groups excluding carboxylic acids is 1. The first kappa shape index (κ1) is 23.8. The topological polar surface area (TPSA) is 145 Å². The molecule has 1 atom stereocenters. The van der Waals surface area contributed by atoms with Gasteiger partial charge in [0.15, 0.2) is 11.6 Å². The average molecular weight is 488 g/mol. The van der Waals surface area contributed by atoms with Crippen molar-refractivity contribution >= 4 is 11.7 Å². The predicted octanol–water partition coefficient (Wildman–Crippen LogP) is 0.924. The standard InChI is InChI=1S/C26H29N7O3/c27-23(35)16-33-15-20(14-30-33)36-11-3-5-19-13-29-25(22(17-34)31-19)32-9-7-26(8-10-32)12-18-4-1-2-6-21(18)24(26)28/h1-2,4,6,13-15,24,34H,7-12,16-17,28H2,(H2,27,35)/t24-/m1/s1. The lowest BCUT2D eigenvalue weighted by Crippen LogP contribution is -2.45. The number of aliphatic hydroxyl groups excluding tert-OH is 1. The molecule has 10 nitrogen and oxygen atoms in total. The van der Waals surface area contributed by atoms with Gasteiger partial charge in [0.05, 0.1) is 25.2 Å². The van der Waals surface area contributed by atoms with Gasteiger partial charge in [0.2, 0.25) is 5.91 Å². The molecular weight excluding hydrogens is 458 g/mol. The first-order valence-corrected chi connectivity index (χ1v) is 11.9. The third-order valence-electron chi connectivity index (χ3n) is 7.08. The number of aromatic nitrogens is 4. The van der Waals surface area contributed by atoms with Crippen LogP contribution >= 0.6 is 0 Å². The molecule has 0 bridgehead atoms. The number of hydrogen-bond donors (Lipinski definition) is 3. The summed E-state index contributed by atoms with van der Waals surface area (Å²) < 4.78 is 6.91. The van der Waals surface area contributed by atoms with Gasteiger partial charge < -0.3 is 26.2 Å². The molecule has 36 heavy (non-hydrogen) atoms. The second-order valence-corrected chi connectivity index (χ2v) is 9.32. The number of carbonyl (C=O) groups is 1. The number of nitrogens with zero attached hydrogens (tertiary/aromatic N) is 5. The Balaban J connectivity index is 1.20. The number of nitrogens with two attached hydrogens (primary N) is 2. The highest BCUT2D eigenvalue weighted by Crippen LogP contribution is 2.50. The van der Waals surface area contributed by atoms with Gasteiger partial charge in [-0.25, -0.2) is 9.97 Å². The molecule has 5 N–H and O–H groups in total. The molecule has 3 heterocycles. The molecule has 2 aromatic heterocycles. The minimum Gasteiger partial charge on any atom is -0.478 e. The maximum Gasteiger partial charge on any atom is 0.239 e. The molecule has 1 spiro atoms. The number of hydrogen-bond acceptors (Lipinski definition) is 8. The highest BCUT2D eigenvalue weighted by molar-refractivity contribution is 5.73. The van der Waals surface area contributed by atoms with Crippen molar-refractivity contribution in [2.45, 2.75) is 38.5 Å². The van der Waals surface area contributed by atoms with Crippen LogP contribution in [0.2, 0.25) is 0 Å². The van der Waals surface area contributed by atoms with Crippen molar-refractivity contribution in [2.75, 3.05) is 24.6 Å². The number of anilines is 1. The van der Waals surface area contributed by atoms with Gasteiger partial charge >= 0.3 is 0 Å². The van der Waals surface area contributed by atoms with Crippen LogP contribution in [-0.4, -0.2) is 50.5 Å². The maximum atomic E-state index is 10.9. The summed E-state index contributed by atoms with van der Waals surface area (Å²) in [6.45, 7) is 1.49. The zero-order valence-electron chi connectivity index (χ0n) is 19.9. The number of aliphatic hydroxyl groups is 1. The van der Waals surface area contributed by atoms with E-state index in [1.807, 2.05) is 0 Å². The Hall–Kier alpha value is -3.94. The van der Waals surface area contributed by atoms with Crippen molar-refractivity contribution in [2.24, 2.45) is 16.9 Å². The van der Waals surface area contributed by atoms with Crippen LogP contribution in [0.15, 0.2) is 42.9 Å². The molecule has 0 saturated carbocycles. The molecular formula is C26H29N7O3. The Morgan fingerprint density at radius 1 is 1.25 bits per heavy atom. The molecule has 1 aliphatic carbocycles. The molecule has 3 aromatic rings. The van der Waals surface area contributed by atoms with E-state index in [9.17, 15) is 9.90 Å². The third kappa shape index (κ3) is 4.76. The highest BCUT2D eigenvalue weighted by atomic mass is 16.5. The lowest BCUT2D eigenvalue weighted by atomic mass is 9.73. The summed E-state index contributed by atoms with van der Waals surface area (Å²) in [4.78, 5) is 22.2. The molecule has 1 aliphatic heterocycles. The minimum atomic E-state index is -0.483. The van der Waals surface area contributed by atoms with Crippen LogP contribution in [-0.2, 0) is 24.4 Å². The molecule has 1 fully saturated rings. The molecule has 0 radical (unpaired) electrons. The SMILES string of the molecule is NC(=O)Cn1cc(OCC#Cc2cnc(N3CCC4(CC3)Cc3ccccc3[C@H]4N)c(CO)n2)cn1. The Labute approximate surface area is 209 Å². The van der Waals surface area contributed by atoms with E-state index in [0.29, 0.717) is 23.0 Å². The summed E-state index contributed by atoms with van der Waals surface area (Å²) in [5.41, 5.74) is 15.5. The van der Waals surface area contributed by atoms with Gasteiger partial charge in [-0.05, 0) is 41.7 Å². The van der Waals surface area contributed by atoms with Crippen molar-refractivity contribution in [1.82, 2.24) is 19.7 Å². The number of primary amides is 1. The fourth-order valence-electron chi connectivity index (χ4n) is 5.23. The molecule has 1 amide bonds. The van der Waals surface area contributed by atoms with Crippen LogP contribution in [0.3, 0.4) is 0 Å². The Bertz CT molecular complexity index is 1320. The molecule has 10 heteroatoms. The fourth-order valence-corrected chi connectivity index (χ4v) is 5.23. The van der Waals surface area contributed by atoms with Crippen LogP contribution in [0.25, 0.3) is 0 Å². The van der Waals surface area contributed by atoms with Crippen molar-refractivity contribution < 1.29 is 14.6 Å². The van der Waals surface area contributed by atoms with Crippen LogP contribution in [0.1, 0.15) is 41.4 Å². The number of benzene rings is 1. The molecule has 2 aliphatic rings. The van der Waals surface area contributed by atoms with Crippen LogP contribution < -0.4 is 21.1 Å². The van der Waals surface area contributed by atoms with E-state index in [2.05, 4.69) is 56.1 Å². The molecule has 0 unspecified atom stereocenters. The first-order chi connectivity index (χ1) is 17.5. The second kappa shape index (κ2) is 9.97. The molecule has 1 saturated heterocycles. The van der Waals surface area contributed by atoms with Gasteiger partial charge in [-0.15, -0.1) is 0 Å². The average Bonchev–Trinajstić information content (AvgIpc) is 3.44. The van der Waals surface area contributed by atoms with Crippen LogP contribution in [0.4, 0.5) is 5.82 Å². The third-order valence-corrected chi connectivity index (χ3v) is 7.08. The van der Waals surface area contributed by atoms with Gasteiger partial charge in [-0.2, -0.15) is 5.10 Å². The second-order valence-electron chi connectivity index (χ2n) is 9.32. The lowest BCUT2D eigenvalue weighted by molar-refractivity contribution is -0.118. The summed E-state index contributed by atoms with van der Waals surface area (Å²) in [6.07, 6.45) is 7.62. The predicted molar refractivity (Wildman–Crippen MR) is 133 cm³/mol. The number of fused-ring (bicyclic) bond motifs is 1. The quantitative estimate of drug-likeness (QED) is 0.435. The Kier molecular flexibility index (Phi) is 6.59. The summed E-state index contributed by atoms with van der Waals surface area (Å²) in [6, 6.07) is 8.54. The minimum absolute atomic E-state index is 0.0145. The summed E-state index contributed by atoms with van der Waals surface area (Å²) >= 11 is 0. The molecule has 5 rings (SSSR count). The molecule has 186 valence electrons. The van der Waals surface area contributed by atoms with Crippen molar-refractivity contribution in [1.29, 1.82) is 0 Å². The van der Waals surface area contributed by atoms with Crippen molar-refractivity contribution in [3.63, 3.8) is 0 Å². The Morgan fingerprint density at radius 3 is 2.81 bits per heavy atom. The first-order valence-electron chi connectivity index (χ1n) is 11.9. The van der Waals surface area contributed by atoms with E-state index in [4.69, 9.17) is 16.2 Å². The van der Waals surface area contributed by atoms with Crippen molar-refractivity contribution in [3.8, 4) is 17.6 Å². The van der Waals surface area contributed by atoms with E-state index in [-0.39, 0.29) is 31.2 Å². The smallest absolute Gasteiger partial charge is 0.239 e. The van der Waals surface area contributed by atoms with Crippen LogP contribution in [0.5, 0.6) is 5.75 Å². The van der Waals surface area contributed by atoms with Crippen LogP contribution in [0, 0.1) is 17.3 Å². The number of rotatable bonds is 6. The number of amides is 1. The summed E-state index contributed by atoms with van der Waals surface area (Å²) in [5, 5.41) is 13.9. The van der Waals surface area contributed by atoms with E-state index >= 15 is 0 Å². The lowest BCUT2D eigenvalue weighted by Gasteiger charge is -2.42. The monoisotopic (exact) mass is 487 g/mol. The van der Waals surface area contributed by atoms with Gasteiger partial charge in [-0.3, -0.25) is 9.48 Å². The van der Waals surface area contributed by atoms with Gasteiger partial charge in [0.1, 0.15) is 24.5 Å². The fraction of sp³-hybridized carbons (Fsp3) is 0.385. The van der Waals surface area contributed by atoms with Gasteiger partial charge in [-0.1, -0.05) is 30.2 Å². The maximum absolute atomic E-state index is 10.9. The largest absolute Gasteiger partial charge is 0.478 e. The van der Waals surface area contributed by atoms with E-state index in [0.717, 1.165) is 32.4 Å². The highest BCUT2D eigenvalue weighted by Gasteiger charge is 2.46. The Morgan fingerprint density at radius 2 is 2.06 bits per heavy atom. The number of ether oxygens (including phenoxy) is 1. The van der Waals surface area contributed by atoms with Crippen molar-refractivity contribution in [3.05, 3.63) is 65.4 Å². The zero-order valence-corrected chi connectivity index (χ0v) is 19.9. The van der Waals surface area contributed by atoms with Gasteiger partial charge in [0, 0.05) is 19.1 Å². The van der Waals surface area contributed by atoms with E-state index in [1.165, 1.54) is 22.0 Å². The van der Waals surface area contributed by atoms with E-state index < -0.39 is 5.91 Å². The number of piperidine rings is 1. The van der Waals surface area contributed by atoms with E-state index in [1.54, 1.807) is 12.4 Å². The zero-order chi connectivity index (χ0) is 25.1. The normalized spacial score (nSPS) is 17.9.